The molecule has 154 valence electrons. The summed E-state index contributed by atoms with van der Waals surface area (Å²) in [7, 11) is 0. The second kappa shape index (κ2) is 8.53. The molecule has 0 aliphatic carbocycles. The van der Waals surface area contributed by atoms with E-state index >= 15 is 0 Å². The summed E-state index contributed by atoms with van der Waals surface area (Å²) in [6.07, 6.45) is 2.59. The van der Waals surface area contributed by atoms with Crippen molar-refractivity contribution in [1.29, 1.82) is 0 Å². The summed E-state index contributed by atoms with van der Waals surface area (Å²) in [6.45, 7) is 10.3. The average molecular weight is 459 g/mol. The topological polar surface area (TPSA) is 81.9 Å². The molecule has 2 aromatic heterocycles. The SMILES string of the molecule is CCC(C)c1cc(C)[nH]c(=O)c1CN(C(=O)c1cc(Br)cc2[nH]ncc12)C(C)C. The zero-order chi connectivity index (χ0) is 21.3. The van der Waals surface area contributed by atoms with Crippen LogP contribution in [0.25, 0.3) is 10.9 Å². The van der Waals surface area contributed by atoms with Crippen LogP contribution in [0.15, 0.2) is 33.7 Å². The number of carbonyl (C=O) groups excluding carboxylic acids is 1. The Morgan fingerprint density at radius 3 is 2.62 bits per heavy atom. The van der Waals surface area contributed by atoms with Crippen LogP contribution in [0.3, 0.4) is 0 Å². The predicted octanol–water partition coefficient (Wildman–Crippen LogP) is 4.89. The van der Waals surface area contributed by atoms with Crippen LogP contribution in [0.1, 0.15) is 67.2 Å². The number of pyridine rings is 1. The van der Waals surface area contributed by atoms with Crippen LogP contribution < -0.4 is 5.56 Å². The number of rotatable bonds is 6. The van der Waals surface area contributed by atoms with Crippen molar-refractivity contribution in [3.63, 3.8) is 0 Å². The third kappa shape index (κ3) is 4.29. The van der Waals surface area contributed by atoms with Gasteiger partial charge in [-0.3, -0.25) is 14.7 Å². The third-order valence-electron chi connectivity index (χ3n) is 5.42. The standard InChI is InChI=1S/C22H27BrN4O2/c1-6-13(4)16-7-14(5)25-21(28)19(16)11-27(12(2)3)22(29)17-8-15(23)9-20-18(17)10-24-26-20/h7-10,12-13H,6,11H2,1-5H3,(H,24,26)(H,25,28). The Balaban J connectivity index is 2.07. The first-order valence-electron chi connectivity index (χ1n) is 9.89. The molecule has 29 heavy (non-hydrogen) atoms. The molecular weight excluding hydrogens is 432 g/mol. The highest BCUT2D eigenvalue weighted by Gasteiger charge is 2.25. The molecule has 0 aliphatic heterocycles. The molecule has 1 unspecified atom stereocenters. The number of nitrogens with one attached hydrogen (secondary N) is 2. The van der Waals surface area contributed by atoms with Gasteiger partial charge >= 0.3 is 0 Å². The maximum atomic E-state index is 13.5. The molecule has 0 fully saturated rings. The number of amides is 1. The number of hydrogen-bond acceptors (Lipinski definition) is 3. The van der Waals surface area contributed by atoms with Crippen molar-refractivity contribution < 1.29 is 4.79 Å². The molecule has 0 saturated carbocycles. The second-order valence-corrected chi connectivity index (χ2v) is 8.75. The van der Waals surface area contributed by atoms with E-state index in [1.54, 1.807) is 11.1 Å². The lowest BCUT2D eigenvalue weighted by Crippen LogP contribution is -2.38. The van der Waals surface area contributed by atoms with Crippen molar-refractivity contribution in [2.75, 3.05) is 0 Å². The fraction of sp³-hybridized carbons (Fsp3) is 0.409. The van der Waals surface area contributed by atoms with Crippen LogP contribution in [0.5, 0.6) is 0 Å². The number of hydrogen-bond donors (Lipinski definition) is 2. The highest BCUT2D eigenvalue weighted by Crippen LogP contribution is 2.27. The smallest absolute Gasteiger partial charge is 0.255 e. The lowest BCUT2D eigenvalue weighted by molar-refractivity contribution is 0.0691. The summed E-state index contributed by atoms with van der Waals surface area (Å²) < 4.78 is 0.801. The average Bonchev–Trinajstić information content (AvgIpc) is 3.13. The highest BCUT2D eigenvalue weighted by molar-refractivity contribution is 9.10. The molecule has 0 radical (unpaired) electrons. The Labute approximate surface area is 178 Å². The fourth-order valence-corrected chi connectivity index (χ4v) is 4.03. The summed E-state index contributed by atoms with van der Waals surface area (Å²) in [5, 5.41) is 7.76. The Morgan fingerprint density at radius 2 is 1.97 bits per heavy atom. The minimum atomic E-state index is -0.124. The molecule has 6 nitrogen and oxygen atoms in total. The summed E-state index contributed by atoms with van der Waals surface area (Å²) in [5.74, 6) is 0.115. The van der Waals surface area contributed by atoms with Gasteiger partial charge in [-0.15, -0.1) is 0 Å². The highest BCUT2D eigenvalue weighted by atomic mass is 79.9. The van der Waals surface area contributed by atoms with Crippen molar-refractivity contribution in [3.8, 4) is 0 Å². The number of fused-ring (bicyclic) bond motifs is 1. The second-order valence-electron chi connectivity index (χ2n) is 7.84. The molecule has 2 heterocycles. The van der Waals surface area contributed by atoms with Gasteiger partial charge in [0.05, 0.1) is 23.8 Å². The van der Waals surface area contributed by atoms with Gasteiger partial charge < -0.3 is 9.88 Å². The van der Waals surface area contributed by atoms with Crippen molar-refractivity contribution in [3.05, 3.63) is 61.6 Å². The van der Waals surface area contributed by atoms with Crippen LogP contribution in [-0.2, 0) is 6.54 Å². The van der Waals surface area contributed by atoms with Crippen LogP contribution in [0, 0.1) is 6.92 Å². The van der Waals surface area contributed by atoms with Crippen LogP contribution >= 0.6 is 15.9 Å². The first-order chi connectivity index (χ1) is 13.7. The number of H-pyrrole nitrogens is 2. The molecule has 0 saturated heterocycles. The van der Waals surface area contributed by atoms with E-state index in [9.17, 15) is 9.59 Å². The van der Waals surface area contributed by atoms with Crippen LogP contribution in [0.2, 0.25) is 0 Å². The van der Waals surface area contributed by atoms with Crippen molar-refractivity contribution in [1.82, 2.24) is 20.1 Å². The zero-order valence-corrected chi connectivity index (χ0v) is 19.1. The quantitative estimate of drug-likeness (QED) is 0.551. The fourth-order valence-electron chi connectivity index (χ4n) is 3.57. The number of benzene rings is 1. The molecule has 1 amide bonds. The van der Waals surface area contributed by atoms with E-state index in [0.717, 1.165) is 33.1 Å². The minimum absolute atomic E-state index is 0.0751. The lowest BCUT2D eigenvalue weighted by atomic mass is 9.93. The summed E-state index contributed by atoms with van der Waals surface area (Å²) in [5.41, 5.74) is 3.73. The molecule has 0 aliphatic rings. The van der Waals surface area contributed by atoms with Crippen molar-refractivity contribution in [2.45, 2.75) is 59.5 Å². The van der Waals surface area contributed by atoms with E-state index in [4.69, 9.17) is 0 Å². The van der Waals surface area contributed by atoms with Crippen molar-refractivity contribution in [2.24, 2.45) is 0 Å². The monoisotopic (exact) mass is 458 g/mol. The molecule has 1 aromatic carbocycles. The van der Waals surface area contributed by atoms with E-state index in [-0.39, 0.29) is 30.0 Å². The van der Waals surface area contributed by atoms with E-state index < -0.39 is 0 Å². The van der Waals surface area contributed by atoms with Gasteiger partial charge in [-0.1, -0.05) is 29.8 Å². The van der Waals surface area contributed by atoms with Crippen LogP contribution in [-0.4, -0.2) is 32.0 Å². The van der Waals surface area contributed by atoms with Gasteiger partial charge in [-0.2, -0.15) is 5.10 Å². The summed E-state index contributed by atoms with van der Waals surface area (Å²) in [4.78, 5) is 31.0. The van der Waals surface area contributed by atoms with E-state index in [0.29, 0.717) is 11.1 Å². The zero-order valence-electron chi connectivity index (χ0n) is 17.5. The van der Waals surface area contributed by atoms with Gasteiger partial charge in [0.25, 0.3) is 11.5 Å². The number of aryl methyl sites for hydroxylation is 1. The molecule has 1 atom stereocenters. The van der Waals surface area contributed by atoms with Crippen molar-refractivity contribution >= 4 is 32.7 Å². The largest absolute Gasteiger partial charge is 0.332 e. The Kier molecular flexibility index (Phi) is 6.27. The van der Waals surface area contributed by atoms with Gasteiger partial charge in [-0.05, 0) is 56.9 Å². The normalized spacial score (nSPS) is 12.5. The molecule has 0 spiro atoms. The Bertz CT molecular complexity index is 1100. The molecule has 7 heteroatoms. The first-order valence-corrected chi connectivity index (χ1v) is 10.7. The summed E-state index contributed by atoms with van der Waals surface area (Å²) >= 11 is 3.48. The van der Waals surface area contributed by atoms with Gasteiger partial charge in [0.2, 0.25) is 0 Å². The molecular formula is C22H27BrN4O2. The lowest BCUT2D eigenvalue weighted by Gasteiger charge is -2.28. The van der Waals surface area contributed by atoms with Gasteiger partial charge in [0, 0.05) is 27.2 Å². The van der Waals surface area contributed by atoms with E-state index in [1.807, 2.05) is 39.0 Å². The molecule has 0 bridgehead atoms. The number of nitrogens with zero attached hydrogens (tertiary/aromatic N) is 2. The molecule has 2 N–H and O–H groups in total. The van der Waals surface area contributed by atoms with E-state index in [2.05, 4.69) is 45.0 Å². The third-order valence-corrected chi connectivity index (χ3v) is 5.87. The molecule has 3 aromatic rings. The number of halogens is 1. The Morgan fingerprint density at radius 1 is 1.24 bits per heavy atom. The predicted molar refractivity (Wildman–Crippen MR) is 119 cm³/mol. The number of aromatic nitrogens is 3. The van der Waals surface area contributed by atoms with E-state index in [1.165, 1.54) is 0 Å². The Hall–Kier alpha value is -2.41. The maximum absolute atomic E-state index is 13.5. The molecule has 3 rings (SSSR count). The number of aromatic amines is 2. The summed E-state index contributed by atoms with van der Waals surface area (Å²) in [6, 6.07) is 5.66. The van der Waals surface area contributed by atoms with Crippen LogP contribution in [0.4, 0.5) is 0 Å². The first kappa shape index (κ1) is 21.3. The minimum Gasteiger partial charge on any atom is -0.332 e. The van der Waals surface area contributed by atoms with Gasteiger partial charge in [0.15, 0.2) is 0 Å². The van der Waals surface area contributed by atoms with Gasteiger partial charge in [-0.25, -0.2) is 0 Å². The van der Waals surface area contributed by atoms with Gasteiger partial charge in [0.1, 0.15) is 0 Å². The number of carbonyl (C=O) groups is 1. The maximum Gasteiger partial charge on any atom is 0.255 e.